The standard InChI is InChI=1S/C26H27NO4/c1-27-21-10-7-11-22(31-3)24(21)26(29)23(28)16-20(17-8-5-4-6-9-17)25(26,27)18-12-14-19(30-2)15-13-18/h4-15,20,23,28-29H,16H2,1-3H3/t20-,23+,25-,26+/m0/s1. The van der Waals surface area contributed by atoms with E-state index in [0.717, 1.165) is 22.6 Å². The van der Waals surface area contributed by atoms with Crippen molar-refractivity contribution in [1.82, 2.24) is 0 Å². The zero-order valence-electron chi connectivity index (χ0n) is 17.9. The van der Waals surface area contributed by atoms with Gasteiger partial charge in [0.25, 0.3) is 0 Å². The molecule has 2 aliphatic rings. The molecule has 5 nitrogen and oxygen atoms in total. The zero-order valence-corrected chi connectivity index (χ0v) is 17.9. The van der Waals surface area contributed by atoms with Gasteiger partial charge in [0, 0.05) is 18.7 Å². The van der Waals surface area contributed by atoms with Crippen LogP contribution in [-0.2, 0) is 11.1 Å². The Morgan fingerprint density at radius 1 is 0.903 bits per heavy atom. The van der Waals surface area contributed by atoms with E-state index in [2.05, 4.69) is 17.0 Å². The molecule has 0 saturated heterocycles. The number of methoxy groups -OCH3 is 2. The summed E-state index contributed by atoms with van der Waals surface area (Å²) in [4.78, 5) is 2.13. The lowest BCUT2D eigenvalue weighted by Crippen LogP contribution is -2.56. The third-order valence-electron chi connectivity index (χ3n) is 7.25. The van der Waals surface area contributed by atoms with Crippen molar-refractivity contribution in [3.05, 3.63) is 89.5 Å². The number of likely N-dealkylation sites (N-methyl/N-ethyl adjacent to an activating group) is 1. The maximum Gasteiger partial charge on any atom is 0.149 e. The van der Waals surface area contributed by atoms with Crippen LogP contribution in [-0.4, -0.2) is 37.6 Å². The molecule has 3 aromatic rings. The lowest BCUT2D eigenvalue weighted by atomic mass is 9.69. The summed E-state index contributed by atoms with van der Waals surface area (Å²) in [5.74, 6) is 1.17. The number of nitrogens with zero attached hydrogens (tertiary/aromatic N) is 1. The molecule has 5 rings (SSSR count). The second-order valence-electron chi connectivity index (χ2n) is 8.39. The van der Waals surface area contributed by atoms with Crippen LogP contribution in [0, 0.1) is 0 Å². The van der Waals surface area contributed by atoms with Crippen LogP contribution in [0.2, 0.25) is 0 Å². The largest absolute Gasteiger partial charge is 0.497 e. The molecule has 4 atom stereocenters. The minimum Gasteiger partial charge on any atom is -0.497 e. The number of ether oxygens (including phenoxy) is 2. The second-order valence-corrected chi connectivity index (χ2v) is 8.39. The van der Waals surface area contributed by atoms with Crippen LogP contribution in [0.4, 0.5) is 5.69 Å². The lowest BCUT2D eigenvalue weighted by Gasteiger charge is -2.47. The van der Waals surface area contributed by atoms with Crippen LogP contribution < -0.4 is 14.4 Å². The molecule has 0 amide bonds. The summed E-state index contributed by atoms with van der Waals surface area (Å²) >= 11 is 0. The summed E-state index contributed by atoms with van der Waals surface area (Å²) in [6, 6.07) is 23.7. The smallest absolute Gasteiger partial charge is 0.149 e. The molecule has 1 heterocycles. The van der Waals surface area contributed by atoms with Gasteiger partial charge in [0.1, 0.15) is 22.6 Å². The number of benzene rings is 3. The van der Waals surface area contributed by atoms with Crippen molar-refractivity contribution in [2.24, 2.45) is 0 Å². The molecule has 1 saturated carbocycles. The molecule has 3 aromatic carbocycles. The topological polar surface area (TPSA) is 62.2 Å². The van der Waals surface area contributed by atoms with Crippen molar-refractivity contribution in [2.75, 3.05) is 26.2 Å². The molecule has 1 aliphatic carbocycles. The highest BCUT2D eigenvalue weighted by Crippen LogP contribution is 2.69. The maximum absolute atomic E-state index is 12.5. The Bertz CT molecular complexity index is 1100. The molecule has 0 radical (unpaired) electrons. The van der Waals surface area contributed by atoms with Gasteiger partial charge in [-0.1, -0.05) is 48.5 Å². The molecule has 0 spiro atoms. The average molecular weight is 418 g/mol. The van der Waals surface area contributed by atoms with E-state index in [0.29, 0.717) is 17.7 Å². The van der Waals surface area contributed by atoms with E-state index in [4.69, 9.17) is 9.47 Å². The summed E-state index contributed by atoms with van der Waals surface area (Å²) in [6.07, 6.45) is -0.547. The summed E-state index contributed by atoms with van der Waals surface area (Å²) in [5, 5.41) is 23.9. The number of hydrogen-bond donors (Lipinski definition) is 2. The number of aliphatic hydroxyl groups excluding tert-OH is 1. The van der Waals surface area contributed by atoms with E-state index < -0.39 is 17.2 Å². The van der Waals surface area contributed by atoms with E-state index in [1.807, 2.05) is 67.7 Å². The molecule has 5 heteroatoms. The normalized spacial score (nSPS) is 28.9. The Morgan fingerprint density at radius 3 is 2.26 bits per heavy atom. The van der Waals surface area contributed by atoms with E-state index in [1.165, 1.54) is 0 Å². The van der Waals surface area contributed by atoms with Crippen molar-refractivity contribution >= 4 is 5.69 Å². The van der Waals surface area contributed by atoms with Gasteiger partial charge in [0.15, 0.2) is 0 Å². The van der Waals surface area contributed by atoms with Crippen molar-refractivity contribution in [2.45, 2.75) is 29.6 Å². The van der Waals surface area contributed by atoms with Crippen LogP contribution in [0.3, 0.4) is 0 Å². The summed E-state index contributed by atoms with van der Waals surface area (Å²) < 4.78 is 11.0. The van der Waals surface area contributed by atoms with Crippen molar-refractivity contribution in [3.63, 3.8) is 0 Å². The minimum absolute atomic E-state index is 0.149. The first-order chi connectivity index (χ1) is 15.0. The number of fused-ring (bicyclic) bond motifs is 3. The van der Waals surface area contributed by atoms with Crippen LogP contribution in [0.5, 0.6) is 11.5 Å². The Hall–Kier alpha value is -3.02. The highest BCUT2D eigenvalue weighted by molar-refractivity contribution is 5.74. The first-order valence-corrected chi connectivity index (χ1v) is 10.5. The summed E-state index contributed by atoms with van der Waals surface area (Å²) in [7, 11) is 5.23. The van der Waals surface area contributed by atoms with Gasteiger partial charge in [0.2, 0.25) is 0 Å². The van der Waals surface area contributed by atoms with Gasteiger partial charge < -0.3 is 24.6 Å². The highest BCUT2D eigenvalue weighted by atomic mass is 16.5. The molecule has 31 heavy (non-hydrogen) atoms. The molecule has 1 fully saturated rings. The molecule has 0 bridgehead atoms. The number of anilines is 1. The number of rotatable bonds is 4. The van der Waals surface area contributed by atoms with Gasteiger partial charge in [-0.15, -0.1) is 0 Å². The van der Waals surface area contributed by atoms with Crippen molar-refractivity contribution in [1.29, 1.82) is 0 Å². The summed E-state index contributed by atoms with van der Waals surface area (Å²) in [6.45, 7) is 0. The maximum atomic E-state index is 12.5. The molecule has 0 unspecified atom stereocenters. The Kier molecular flexibility index (Phi) is 4.50. The van der Waals surface area contributed by atoms with Crippen LogP contribution in [0.15, 0.2) is 72.8 Å². The number of aliphatic hydroxyl groups is 2. The van der Waals surface area contributed by atoms with Gasteiger partial charge in [-0.3, -0.25) is 0 Å². The third kappa shape index (κ3) is 2.39. The van der Waals surface area contributed by atoms with Crippen LogP contribution >= 0.6 is 0 Å². The fourth-order valence-electron chi connectivity index (χ4n) is 6.00. The third-order valence-corrected chi connectivity index (χ3v) is 7.25. The van der Waals surface area contributed by atoms with Crippen LogP contribution in [0.25, 0.3) is 0 Å². The van der Waals surface area contributed by atoms with E-state index in [9.17, 15) is 10.2 Å². The highest BCUT2D eigenvalue weighted by Gasteiger charge is 2.73. The molecule has 0 aromatic heterocycles. The molecular formula is C26H27NO4. The van der Waals surface area contributed by atoms with Gasteiger partial charge in [-0.05, 0) is 41.8 Å². The van der Waals surface area contributed by atoms with Gasteiger partial charge in [-0.2, -0.15) is 0 Å². The SMILES string of the molecule is COc1ccc([C@]23[C@H](c4ccccc4)C[C@@H](O)[C@@]2(O)c2c(OC)cccc2N3C)cc1. The van der Waals surface area contributed by atoms with Crippen molar-refractivity contribution in [3.8, 4) is 11.5 Å². The fraction of sp³-hybridized carbons (Fsp3) is 0.308. The predicted octanol–water partition coefficient (Wildman–Crippen LogP) is 3.79. The zero-order chi connectivity index (χ0) is 21.8. The second kappa shape index (κ2) is 7.01. The van der Waals surface area contributed by atoms with Crippen molar-refractivity contribution < 1.29 is 19.7 Å². The van der Waals surface area contributed by atoms with Gasteiger partial charge in [0.05, 0.1) is 25.9 Å². The average Bonchev–Trinajstić information content (AvgIpc) is 3.18. The first-order valence-electron chi connectivity index (χ1n) is 10.5. The Labute approximate surface area is 182 Å². The molecule has 160 valence electrons. The Balaban J connectivity index is 1.85. The lowest BCUT2D eigenvalue weighted by molar-refractivity contribution is -0.0940. The van der Waals surface area contributed by atoms with Crippen LogP contribution in [0.1, 0.15) is 29.0 Å². The van der Waals surface area contributed by atoms with Gasteiger partial charge >= 0.3 is 0 Å². The van der Waals surface area contributed by atoms with Gasteiger partial charge in [-0.25, -0.2) is 0 Å². The fourth-order valence-corrected chi connectivity index (χ4v) is 6.00. The quantitative estimate of drug-likeness (QED) is 0.676. The Morgan fingerprint density at radius 2 is 1.61 bits per heavy atom. The number of hydrogen-bond acceptors (Lipinski definition) is 5. The van der Waals surface area contributed by atoms with E-state index >= 15 is 0 Å². The van der Waals surface area contributed by atoms with E-state index in [-0.39, 0.29) is 5.92 Å². The molecule has 2 N–H and O–H groups in total. The molecular weight excluding hydrogens is 390 g/mol. The summed E-state index contributed by atoms with van der Waals surface area (Å²) in [5.41, 5.74) is 1.02. The minimum atomic E-state index is -1.56. The predicted molar refractivity (Wildman–Crippen MR) is 120 cm³/mol. The first kappa shape index (κ1) is 19.9. The van der Waals surface area contributed by atoms with E-state index in [1.54, 1.807) is 14.2 Å². The molecule has 1 aliphatic heterocycles. The monoisotopic (exact) mass is 417 g/mol.